The highest BCUT2D eigenvalue weighted by atomic mass is 16.4. The van der Waals surface area contributed by atoms with E-state index in [-0.39, 0.29) is 11.8 Å². The molecule has 110 valence electrons. The Morgan fingerprint density at radius 1 is 1.21 bits per heavy atom. The number of hydrogen-bond acceptors (Lipinski definition) is 3. The van der Waals surface area contributed by atoms with Crippen molar-refractivity contribution in [3.8, 4) is 0 Å². The average Bonchev–Trinajstić information content (AvgIpc) is 2.88. The van der Waals surface area contributed by atoms with Crippen molar-refractivity contribution in [2.75, 3.05) is 26.2 Å². The zero-order valence-corrected chi connectivity index (χ0v) is 12.0. The molecule has 0 aromatic rings. The van der Waals surface area contributed by atoms with Gasteiger partial charge in [-0.1, -0.05) is 20.3 Å². The molecule has 1 saturated carbocycles. The van der Waals surface area contributed by atoms with E-state index < -0.39 is 11.9 Å². The summed E-state index contributed by atoms with van der Waals surface area (Å²) >= 11 is 0. The topological polar surface area (TPSA) is 69.6 Å². The number of carboxylic acid groups (broad SMARTS) is 1. The number of carbonyl (C=O) groups excluding carboxylic acids is 1. The van der Waals surface area contributed by atoms with Crippen LogP contribution in [0.2, 0.25) is 0 Å². The van der Waals surface area contributed by atoms with Gasteiger partial charge in [-0.3, -0.25) is 9.59 Å². The average molecular weight is 270 g/mol. The summed E-state index contributed by atoms with van der Waals surface area (Å²) in [4.78, 5) is 25.3. The van der Waals surface area contributed by atoms with Crippen molar-refractivity contribution >= 4 is 11.9 Å². The molecule has 1 aliphatic carbocycles. The summed E-state index contributed by atoms with van der Waals surface area (Å²) in [6.45, 7) is 7.90. The first-order chi connectivity index (χ1) is 9.10. The van der Waals surface area contributed by atoms with Crippen molar-refractivity contribution in [3.05, 3.63) is 0 Å². The van der Waals surface area contributed by atoms with Gasteiger partial charge in [0.1, 0.15) is 0 Å². The zero-order chi connectivity index (χ0) is 14.3. The highest BCUT2D eigenvalue weighted by Crippen LogP contribution is 2.31. The predicted octanol–water partition coefficient (Wildman–Crippen LogP) is 1.34. The smallest absolute Gasteiger partial charge is 0.307 e. The van der Waals surface area contributed by atoms with E-state index in [4.69, 9.17) is 5.11 Å². The lowest BCUT2D eigenvalue weighted by Gasteiger charge is -2.19. The van der Waals surface area contributed by atoms with Crippen LogP contribution in [0.4, 0.5) is 0 Å². The fourth-order valence-corrected chi connectivity index (χ4v) is 2.75. The summed E-state index contributed by atoms with van der Waals surface area (Å²) in [5.41, 5.74) is 0. The van der Waals surface area contributed by atoms with Crippen LogP contribution in [0.25, 0.3) is 0 Å². The molecule has 1 rings (SSSR count). The molecule has 2 N–H and O–H groups in total. The van der Waals surface area contributed by atoms with Crippen LogP contribution in [0.3, 0.4) is 0 Å². The number of aliphatic carboxylic acids is 1. The standard InChI is InChI=1S/C14H26N2O3/c1-3-16(4-2)10-6-9-15-13(17)11-7-5-8-12(11)14(18)19/h11-12H,3-10H2,1-2H3,(H,15,17)(H,18,19)/t11-,12+/m1/s1. The molecule has 1 fully saturated rings. The van der Waals surface area contributed by atoms with Gasteiger partial charge >= 0.3 is 5.97 Å². The van der Waals surface area contributed by atoms with Crippen LogP contribution in [-0.4, -0.2) is 48.1 Å². The number of nitrogens with one attached hydrogen (secondary N) is 1. The minimum Gasteiger partial charge on any atom is -0.481 e. The van der Waals surface area contributed by atoms with Crippen LogP contribution in [0.1, 0.15) is 39.5 Å². The Balaban J connectivity index is 2.26. The van der Waals surface area contributed by atoms with E-state index in [0.29, 0.717) is 19.4 Å². The third kappa shape index (κ3) is 4.82. The largest absolute Gasteiger partial charge is 0.481 e. The number of nitrogens with zero attached hydrogens (tertiary/aromatic N) is 1. The van der Waals surface area contributed by atoms with Gasteiger partial charge in [0.25, 0.3) is 0 Å². The van der Waals surface area contributed by atoms with Crippen molar-refractivity contribution in [2.24, 2.45) is 11.8 Å². The maximum Gasteiger partial charge on any atom is 0.307 e. The van der Waals surface area contributed by atoms with Gasteiger partial charge in [0, 0.05) is 6.54 Å². The van der Waals surface area contributed by atoms with Gasteiger partial charge < -0.3 is 15.3 Å². The molecule has 0 aromatic carbocycles. The fourth-order valence-electron chi connectivity index (χ4n) is 2.75. The van der Waals surface area contributed by atoms with Crippen LogP contribution in [0, 0.1) is 11.8 Å². The van der Waals surface area contributed by atoms with E-state index in [2.05, 4.69) is 24.1 Å². The first-order valence-electron chi connectivity index (χ1n) is 7.33. The number of amides is 1. The summed E-state index contributed by atoms with van der Waals surface area (Å²) in [6.07, 6.45) is 3.10. The van der Waals surface area contributed by atoms with Gasteiger partial charge in [-0.25, -0.2) is 0 Å². The summed E-state index contributed by atoms with van der Waals surface area (Å²) < 4.78 is 0. The van der Waals surface area contributed by atoms with Crippen molar-refractivity contribution in [1.29, 1.82) is 0 Å². The fraction of sp³-hybridized carbons (Fsp3) is 0.857. The van der Waals surface area contributed by atoms with Gasteiger partial charge in [-0.15, -0.1) is 0 Å². The van der Waals surface area contributed by atoms with Crippen LogP contribution < -0.4 is 5.32 Å². The van der Waals surface area contributed by atoms with Crippen LogP contribution in [0.5, 0.6) is 0 Å². The Kier molecular flexibility index (Phi) is 6.84. The van der Waals surface area contributed by atoms with E-state index in [1.165, 1.54) is 0 Å². The first kappa shape index (κ1) is 16.0. The lowest BCUT2D eigenvalue weighted by Crippen LogP contribution is -2.36. The Labute approximate surface area is 115 Å². The summed E-state index contributed by atoms with van der Waals surface area (Å²) in [5, 5.41) is 11.9. The van der Waals surface area contributed by atoms with Crippen LogP contribution in [0.15, 0.2) is 0 Å². The van der Waals surface area contributed by atoms with Crippen molar-refractivity contribution < 1.29 is 14.7 Å². The second-order valence-corrected chi connectivity index (χ2v) is 5.15. The maximum atomic E-state index is 12.0. The monoisotopic (exact) mass is 270 g/mol. The first-order valence-corrected chi connectivity index (χ1v) is 7.33. The highest BCUT2D eigenvalue weighted by Gasteiger charge is 2.37. The van der Waals surface area contributed by atoms with Gasteiger partial charge in [-0.2, -0.15) is 0 Å². The minimum absolute atomic E-state index is 0.0792. The van der Waals surface area contributed by atoms with Crippen LogP contribution >= 0.6 is 0 Å². The molecule has 5 nitrogen and oxygen atoms in total. The lowest BCUT2D eigenvalue weighted by atomic mass is 9.95. The third-order valence-corrected chi connectivity index (χ3v) is 4.01. The van der Waals surface area contributed by atoms with Crippen LogP contribution in [-0.2, 0) is 9.59 Å². The summed E-state index contributed by atoms with van der Waals surface area (Å²) in [6, 6.07) is 0. The molecule has 0 unspecified atom stereocenters. The lowest BCUT2D eigenvalue weighted by molar-refractivity contribution is -0.146. The molecular formula is C14H26N2O3. The van der Waals surface area contributed by atoms with Crippen molar-refractivity contribution in [3.63, 3.8) is 0 Å². The maximum absolute atomic E-state index is 12.0. The van der Waals surface area contributed by atoms with Gasteiger partial charge in [-0.05, 0) is 38.9 Å². The predicted molar refractivity (Wildman–Crippen MR) is 73.9 cm³/mol. The molecule has 0 bridgehead atoms. The highest BCUT2D eigenvalue weighted by molar-refractivity contribution is 5.85. The molecular weight excluding hydrogens is 244 g/mol. The van der Waals surface area contributed by atoms with Crippen molar-refractivity contribution in [2.45, 2.75) is 39.5 Å². The molecule has 0 heterocycles. The summed E-state index contributed by atoms with van der Waals surface area (Å²) in [7, 11) is 0. The Morgan fingerprint density at radius 2 is 1.84 bits per heavy atom. The van der Waals surface area contributed by atoms with E-state index in [9.17, 15) is 9.59 Å². The number of hydrogen-bond donors (Lipinski definition) is 2. The molecule has 1 aliphatic rings. The normalized spacial score (nSPS) is 22.7. The number of carboxylic acids is 1. The van der Waals surface area contributed by atoms with Gasteiger partial charge in [0.05, 0.1) is 11.8 Å². The molecule has 5 heteroatoms. The minimum atomic E-state index is -0.833. The van der Waals surface area contributed by atoms with Gasteiger partial charge in [0.15, 0.2) is 0 Å². The van der Waals surface area contributed by atoms with E-state index >= 15 is 0 Å². The van der Waals surface area contributed by atoms with Crippen molar-refractivity contribution in [1.82, 2.24) is 10.2 Å². The Hall–Kier alpha value is -1.10. The molecule has 2 atom stereocenters. The molecule has 0 spiro atoms. The summed E-state index contributed by atoms with van der Waals surface area (Å²) in [5.74, 6) is -1.72. The molecule has 0 radical (unpaired) electrons. The Bertz CT molecular complexity index is 303. The zero-order valence-electron chi connectivity index (χ0n) is 12.0. The third-order valence-electron chi connectivity index (χ3n) is 4.01. The van der Waals surface area contributed by atoms with E-state index in [0.717, 1.165) is 32.5 Å². The molecule has 0 aromatic heterocycles. The Morgan fingerprint density at radius 3 is 2.42 bits per heavy atom. The molecule has 1 amide bonds. The quantitative estimate of drug-likeness (QED) is 0.653. The number of rotatable bonds is 8. The SMILES string of the molecule is CCN(CC)CCCNC(=O)[C@@H]1CCC[C@@H]1C(=O)O. The van der Waals surface area contributed by atoms with E-state index in [1.54, 1.807) is 0 Å². The number of carbonyl (C=O) groups is 2. The molecule has 0 aliphatic heterocycles. The molecule has 0 saturated heterocycles. The second kappa shape index (κ2) is 8.15. The van der Waals surface area contributed by atoms with E-state index in [1.807, 2.05) is 0 Å². The molecule has 19 heavy (non-hydrogen) atoms. The van der Waals surface area contributed by atoms with Gasteiger partial charge in [0.2, 0.25) is 5.91 Å². The second-order valence-electron chi connectivity index (χ2n) is 5.15.